The molecule has 1 saturated heterocycles. The first-order valence-corrected chi connectivity index (χ1v) is 6.70. The van der Waals surface area contributed by atoms with Crippen LogP contribution in [0.25, 0.3) is 0 Å². The Balaban J connectivity index is 1.79. The van der Waals surface area contributed by atoms with Crippen molar-refractivity contribution in [3.63, 3.8) is 0 Å². The molecular formula is C12H15F3N4O3. The quantitative estimate of drug-likeness (QED) is 0.890. The van der Waals surface area contributed by atoms with Crippen molar-refractivity contribution in [1.29, 1.82) is 0 Å². The fraction of sp³-hybridized carbons (Fsp3) is 0.667. The normalized spacial score (nSPS) is 16.6. The van der Waals surface area contributed by atoms with Gasteiger partial charge in [-0.05, 0) is 12.8 Å². The van der Waals surface area contributed by atoms with Crippen molar-refractivity contribution in [2.24, 2.45) is 5.92 Å². The molecule has 0 atom stereocenters. The van der Waals surface area contributed by atoms with Crippen LogP contribution in [0.3, 0.4) is 0 Å². The van der Waals surface area contributed by atoms with Crippen LogP contribution in [0.2, 0.25) is 0 Å². The molecule has 0 aliphatic carbocycles. The summed E-state index contributed by atoms with van der Waals surface area (Å²) in [5.41, 5.74) is 0. The van der Waals surface area contributed by atoms with E-state index in [1.807, 2.05) is 0 Å². The first-order valence-electron chi connectivity index (χ1n) is 6.70. The summed E-state index contributed by atoms with van der Waals surface area (Å²) >= 11 is 0. The van der Waals surface area contributed by atoms with E-state index in [4.69, 9.17) is 4.42 Å². The number of aromatic nitrogens is 2. The number of halogens is 3. The molecule has 0 unspecified atom stereocenters. The van der Waals surface area contributed by atoms with Gasteiger partial charge in [-0.2, -0.15) is 13.2 Å². The standard InChI is InChI=1S/C12H15F3N4O3/c1-7-17-18-9(22-7)6-16-10(20)8-2-4-19(5-3-8)11(21)12(13,14)15/h8H,2-6H2,1H3,(H,16,20). The van der Waals surface area contributed by atoms with Crippen LogP contribution in [0, 0.1) is 12.8 Å². The third-order valence-electron chi connectivity index (χ3n) is 3.38. The molecule has 1 aliphatic rings. The highest BCUT2D eigenvalue weighted by molar-refractivity contribution is 5.83. The average molecular weight is 320 g/mol. The van der Waals surface area contributed by atoms with E-state index in [-0.39, 0.29) is 44.3 Å². The van der Waals surface area contributed by atoms with Gasteiger partial charge in [-0.1, -0.05) is 0 Å². The summed E-state index contributed by atoms with van der Waals surface area (Å²) in [5.74, 6) is -1.94. The second-order valence-corrected chi connectivity index (χ2v) is 5.00. The summed E-state index contributed by atoms with van der Waals surface area (Å²) in [6.07, 6.45) is -4.49. The summed E-state index contributed by atoms with van der Waals surface area (Å²) in [6, 6.07) is 0. The molecule has 1 N–H and O–H groups in total. The van der Waals surface area contributed by atoms with Crippen molar-refractivity contribution in [3.05, 3.63) is 11.8 Å². The van der Waals surface area contributed by atoms with E-state index in [0.29, 0.717) is 5.89 Å². The molecule has 0 bridgehead atoms. The number of hydrogen-bond acceptors (Lipinski definition) is 5. The molecule has 2 amide bonds. The first-order chi connectivity index (χ1) is 10.3. The summed E-state index contributed by atoms with van der Waals surface area (Å²) in [7, 11) is 0. The van der Waals surface area contributed by atoms with Crippen molar-refractivity contribution in [1.82, 2.24) is 20.4 Å². The molecule has 1 aromatic heterocycles. The third-order valence-corrected chi connectivity index (χ3v) is 3.38. The van der Waals surface area contributed by atoms with Crippen molar-refractivity contribution in [2.45, 2.75) is 32.5 Å². The molecule has 0 radical (unpaired) electrons. The van der Waals surface area contributed by atoms with Gasteiger partial charge in [0.2, 0.25) is 17.7 Å². The fourth-order valence-corrected chi connectivity index (χ4v) is 2.24. The Morgan fingerprint density at radius 2 is 1.95 bits per heavy atom. The fourth-order valence-electron chi connectivity index (χ4n) is 2.24. The van der Waals surface area contributed by atoms with E-state index in [1.54, 1.807) is 6.92 Å². The lowest BCUT2D eigenvalue weighted by molar-refractivity contribution is -0.186. The second-order valence-electron chi connectivity index (χ2n) is 5.00. The second kappa shape index (κ2) is 6.32. The monoisotopic (exact) mass is 320 g/mol. The molecule has 2 heterocycles. The van der Waals surface area contributed by atoms with Gasteiger partial charge < -0.3 is 14.6 Å². The van der Waals surface area contributed by atoms with Gasteiger partial charge >= 0.3 is 12.1 Å². The van der Waals surface area contributed by atoms with E-state index < -0.39 is 18.0 Å². The number of aryl methyl sites for hydroxylation is 1. The van der Waals surface area contributed by atoms with E-state index in [1.165, 1.54) is 0 Å². The maximum Gasteiger partial charge on any atom is 0.471 e. The molecule has 1 aliphatic heterocycles. The molecule has 1 fully saturated rings. The Bertz CT molecular complexity index is 550. The zero-order valence-corrected chi connectivity index (χ0v) is 11.8. The van der Waals surface area contributed by atoms with E-state index in [0.717, 1.165) is 4.90 Å². The average Bonchev–Trinajstić information content (AvgIpc) is 2.89. The number of rotatable bonds is 3. The highest BCUT2D eigenvalue weighted by atomic mass is 19.4. The number of nitrogens with one attached hydrogen (secondary N) is 1. The van der Waals surface area contributed by atoms with Gasteiger partial charge in [-0.25, -0.2) is 0 Å². The van der Waals surface area contributed by atoms with Crippen LogP contribution < -0.4 is 5.32 Å². The first kappa shape index (κ1) is 16.2. The van der Waals surface area contributed by atoms with Gasteiger partial charge in [-0.3, -0.25) is 9.59 Å². The number of alkyl halides is 3. The summed E-state index contributed by atoms with van der Waals surface area (Å²) in [6.45, 7) is 1.51. The van der Waals surface area contributed by atoms with Crippen LogP contribution >= 0.6 is 0 Å². The number of piperidine rings is 1. The van der Waals surface area contributed by atoms with Gasteiger partial charge in [0.1, 0.15) is 0 Å². The lowest BCUT2D eigenvalue weighted by atomic mass is 9.96. The molecule has 22 heavy (non-hydrogen) atoms. The summed E-state index contributed by atoms with van der Waals surface area (Å²) < 4.78 is 42.0. The van der Waals surface area contributed by atoms with Gasteiger partial charge in [-0.15, -0.1) is 10.2 Å². The Morgan fingerprint density at radius 3 is 2.45 bits per heavy atom. The number of carbonyl (C=O) groups is 2. The van der Waals surface area contributed by atoms with Crippen LogP contribution in [-0.4, -0.2) is 46.2 Å². The molecule has 0 spiro atoms. The van der Waals surface area contributed by atoms with Gasteiger partial charge in [0, 0.05) is 25.9 Å². The molecule has 2 rings (SSSR count). The number of hydrogen-bond donors (Lipinski definition) is 1. The van der Waals surface area contributed by atoms with Crippen LogP contribution in [0.1, 0.15) is 24.6 Å². The predicted molar refractivity (Wildman–Crippen MR) is 66.2 cm³/mol. The molecule has 1 aromatic rings. The van der Waals surface area contributed by atoms with Gasteiger partial charge in [0.15, 0.2) is 0 Å². The minimum Gasteiger partial charge on any atom is -0.424 e. The van der Waals surface area contributed by atoms with Gasteiger partial charge in [0.25, 0.3) is 0 Å². The molecule has 7 nitrogen and oxygen atoms in total. The van der Waals surface area contributed by atoms with Crippen LogP contribution in [-0.2, 0) is 16.1 Å². The predicted octanol–water partition coefficient (Wildman–Crippen LogP) is 0.795. The Kier molecular flexibility index (Phi) is 4.67. The third kappa shape index (κ3) is 3.95. The Labute approximate surface area is 123 Å². The lowest BCUT2D eigenvalue weighted by Gasteiger charge is -2.31. The molecule has 10 heteroatoms. The van der Waals surface area contributed by atoms with E-state index in [2.05, 4.69) is 15.5 Å². The SMILES string of the molecule is Cc1nnc(CNC(=O)C2CCN(C(=O)C(F)(F)F)CC2)o1. The number of carbonyl (C=O) groups excluding carboxylic acids is 2. The topological polar surface area (TPSA) is 88.3 Å². The largest absolute Gasteiger partial charge is 0.471 e. The summed E-state index contributed by atoms with van der Waals surface area (Å²) in [4.78, 5) is 23.7. The Morgan fingerprint density at radius 1 is 1.32 bits per heavy atom. The Hall–Kier alpha value is -2.13. The molecular weight excluding hydrogens is 305 g/mol. The van der Waals surface area contributed by atoms with Crippen LogP contribution in [0.5, 0.6) is 0 Å². The maximum atomic E-state index is 12.3. The van der Waals surface area contributed by atoms with Crippen molar-refractivity contribution < 1.29 is 27.2 Å². The van der Waals surface area contributed by atoms with Crippen molar-refractivity contribution in [2.75, 3.05) is 13.1 Å². The lowest BCUT2D eigenvalue weighted by Crippen LogP contribution is -2.47. The molecule has 122 valence electrons. The van der Waals surface area contributed by atoms with Crippen LogP contribution in [0.15, 0.2) is 4.42 Å². The number of amides is 2. The summed E-state index contributed by atoms with van der Waals surface area (Å²) in [5, 5.41) is 9.92. The highest BCUT2D eigenvalue weighted by Gasteiger charge is 2.43. The van der Waals surface area contributed by atoms with E-state index in [9.17, 15) is 22.8 Å². The minimum atomic E-state index is -4.87. The van der Waals surface area contributed by atoms with Crippen molar-refractivity contribution >= 4 is 11.8 Å². The molecule has 0 aromatic carbocycles. The van der Waals surface area contributed by atoms with Crippen molar-refractivity contribution in [3.8, 4) is 0 Å². The minimum absolute atomic E-state index is 0.0708. The maximum absolute atomic E-state index is 12.3. The van der Waals surface area contributed by atoms with Crippen LogP contribution in [0.4, 0.5) is 13.2 Å². The zero-order valence-electron chi connectivity index (χ0n) is 11.8. The number of likely N-dealkylation sites (tertiary alicyclic amines) is 1. The smallest absolute Gasteiger partial charge is 0.424 e. The highest BCUT2D eigenvalue weighted by Crippen LogP contribution is 2.24. The van der Waals surface area contributed by atoms with Gasteiger partial charge in [0.05, 0.1) is 6.54 Å². The van der Waals surface area contributed by atoms with E-state index >= 15 is 0 Å². The number of nitrogens with zero attached hydrogens (tertiary/aromatic N) is 3. The molecule has 0 saturated carbocycles. The zero-order chi connectivity index (χ0) is 16.3.